The maximum absolute atomic E-state index is 11.1. The molecule has 7 rings (SSSR count). The molecular formula is C40H30O3. The van der Waals surface area contributed by atoms with Crippen molar-refractivity contribution in [3.8, 4) is 33.8 Å². The molecule has 0 aliphatic carbocycles. The second-order valence-corrected chi connectivity index (χ2v) is 11.1. The van der Waals surface area contributed by atoms with Crippen molar-refractivity contribution in [2.45, 2.75) is 12.3 Å². The quantitative estimate of drug-likeness (QED) is 0.121. The number of aromatic hydroxyl groups is 1. The molecule has 0 fully saturated rings. The lowest BCUT2D eigenvalue weighted by molar-refractivity contribution is -0.137. The van der Waals surface area contributed by atoms with Crippen LogP contribution in [0.25, 0.3) is 43.8 Å². The molecule has 43 heavy (non-hydrogen) atoms. The fourth-order valence-corrected chi connectivity index (χ4v) is 6.21. The van der Waals surface area contributed by atoms with E-state index in [2.05, 4.69) is 91.9 Å². The van der Waals surface area contributed by atoms with Crippen LogP contribution in [0, 0.1) is 0 Å². The standard InChI is InChI=1S/C40H30O3/c1-40(33-13-3-2-4-14-33,34-19-21-38(41)36(25-34)31-17-15-27-9-5-7-11-29(27)23-31)35-20-22-39(43-42)37(26-35)32-18-16-28-10-6-8-12-30(28)24-32/h2-26,41-42H,1H3. The summed E-state index contributed by atoms with van der Waals surface area (Å²) in [6, 6.07) is 51.2. The van der Waals surface area contributed by atoms with Crippen LogP contribution in [0.3, 0.4) is 0 Å². The molecule has 0 aliphatic heterocycles. The Bertz CT molecular complexity index is 2100. The smallest absolute Gasteiger partial charge is 0.172 e. The Morgan fingerprint density at radius 3 is 1.58 bits per heavy atom. The molecule has 0 aliphatic rings. The highest BCUT2D eigenvalue weighted by Gasteiger charge is 2.33. The number of hydrogen-bond donors (Lipinski definition) is 2. The van der Waals surface area contributed by atoms with Crippen molar-refractivity contribution < 1.29 is 15.3 Å². The zero-order valence-corrected chi connectivity index (χ0v) is 23.7. The highest BCUT2D eigenvalue weighted by molar-refractivity contribution is 5.89. The van der Waals surface area contributed by atoms with Crippen LogP contribution in [0.15, 0.2) is 152 Å². The normalized spacial score (nSPS) is 12.7. The zero-order valence-electron chi connectivity index (χ0n) is 23.7. The summed E-state index contributed by atoms with van der Waals surface area (Å²) in [5.74, 6) is 0.618. The average molecular weight is 559 g/mol. The van der Waals surface area contributed by atoms with Crippen molar-refractivity contribution >= 4 is 21.5 Å². The monoisotopic (exact) mass is 558 g/mol. The topological polar surface area (TPSA) is 49.7 Å². The molecule has 7 aromatic rings. The Kier molecular flexibility index (Phi) is 6.65. The van der Waals surface area contributed by atoms with E-state index in [1.165, 1.54) is 0 Å². The van der Waals surface area contributed by atoms with Gasteiger partial charge in [0, 0.05) is 16.5 Å². The lowest BCUT2D eigenvalue weighted by atomic mass is 9.70. The van der Waals surface area contributed by atoms with Gasteiger partial charge in [0.1, 0.15) is 5.75 Å². The molecule has 0 amide bonds. The first-order valence-electron chi connectivity index (χ1n) is 14.4. The van der Waals surface area contributed by atoms with Gasteiger partial charge >= 0.3 is 0 Å². The van der Waals surface area contributed by atoms with Crippen LogP contribution < -0.4 is 4.89 Å². The average Bonchev–Trinajstić information content (AvgIpc) is 3.07. The predicted molar refractivity (Wildman–Crippen MR) is 176 cm³/mol. The van der Waals surface area contributed by atoms with Gasteiger partial charge in [-0.3, -0.25) is 0 Å². The summed E-state index contributed by atoms with van der Waals surface area (Å²) in [7, 11) is 0. The van der Waals surface area contributed by atoms with E-state index >= 15 is 0 Å². The molecule has 7 aromatic carbocycles. The lowest BCUT2D eigenvalue weighted by Crippen LogP contribution is -2.25. The van der Waals surface area contributed by atoms with Crippen LogP contribution in [0.1, 0.15) is 23.6 Å². The summed E-state index contributed by atoms with van der Waals surface area (Å²) < 4.78 is 0. The summed E-state index contributed by atoms with van der Waals surface area (Å²) in [5, 5.41) is 25.5. The number of phenols is 1. The molecule has 0 bridgehead atoms. The van der Waals surface area contributed by atoms with Crippen molar-refractivity contribution in [2.24, 2.45) is 0 Å². The molecular weight excluding hydrogens is 528 g/mol. The summed E-state index contributed by atoms with van der Waals surface area (Å²) in [4.78, 5) is 4.89. The molecule has 3 heteroatoms. The minimum atomic E-state index is -0.597. The van der Waals surface area contributed by atoms with Gasteiger partial charge in [-0.05, 0) is 92.7 Å². The first-order valence-corrected chi connectivity index (χ1v) is 14.4. The van der Waals surface area contributed by atoms with Crippen molar-refractivity contribution in [1.82, 2.24) is 0 Å². The van der Waals surface area contributed by atoms with E-state index in [-0.39, 0.29) is 5.75 Å². The van der Waals surface area contributed by atoms with E-state index in [1.54, 1.807) is 6.07 Å². The fraction of sp³-hybridized carbons (Fsp3) is 0.0500. The first kappa shape index (κ1) is 26.5. The number of fused-ring (bicyclic) bond motifs is 2. The van der Waals surface area contributed by atoms with Gasteiger partial charge in [-0.2, -0.15) is 0 Å². The molecule has 0 aromatic heterocycles. The Morgan fingerprint density at radius 1 is 0.465 bits per heavy atom. The van der Waals surface area contributed by atoms with E-state index in [4.69, 9.17) is 4.89 Å². The van der Waals surface area contributed by atoms with Gasteiger partial charge in [-0.15, -0.1) is 0 Å². The van der Waals surface area contributed by atoms with Gasteiger partial charge in [0.25, 0.3) is 0 Å². The van der Waals surface area contributed by atoms with Crippen LogP contribution in [-0.2, 0) is 5.41 Å². The third-order valence-electron chi connectivity index (χ3n) is 8.70. The van der Waals surface area contributed by atoms with Crippen LogP contribution in [0.4, 0.5) is 0 Å². The highest BCUT2D eigenvalue weighted by Crippen LogP contribution is 2.45. The van der Waals surface area contributed by atoms with E-state index in [0.717, 1.165) is 60.5 Å². The van der Waals surface area contributed by atoms with Crippen molar-refractivity contribution in [2.75, 3.05) is 0 Å². The lowest BCUT2D eigenvalue weighted by Gasteiger charge is -2.33. The number of benzene rings is 7. The Labute approximate surface area is 250 Å². The summed E-state index contributed by atoms with van der Waals surface area (Å²) in [5.41, 5.74) is 6.03. The van der Waals surface area contributed by atoms with Gasteiger partial charge in [-0.1, -0.05) is 115 Å². The molecule has 2 N–H and O–H groups in total. The number of hydrogen-bond acceptors (Lipinski definition) is 3. The van der Waals surface area contributed by atoms with Crippen molar-refractivity contribution in [3.63, 3.8) is 0 Å². The van der Waals surface area contributed by atoms with Gasteiger partial charge in [0.2, 0.25) is 0 Å². The second-order valence-electron chi connectivity index (χ2n) is 11.1. The molecule has 208 valence electrons. The van der Waals surface area contributed by atoms with Crippen molar-refractivity contribution in [1.29, 1.82) is 0 Å². The largest absolute Gasteiger partial charge is 0.507 e. The summed E-state index contributed by atoms with van der Waals surface area (Å²) >= 11 is 0. The minimum Gasteiger partial charge on any atom is -0.507 e. The van der Waals surface area contributed by atoms with Crippen LogP contribution in [-0.4, -0.2) is 10.4 Å². The zero-order chi connectivity index (χ0) is 29.4. The van der Waals surface area contributed by atoms with E-state index < -0.39 is 5.41 Å². The van der Waals surface area contributed by atoms with E-state index in [1.807, 2.05) is 60.7 Å². The van der Waals surface area contributed by atoms with Gasteiger partial charge < -0.3 is 9.99 Å². The van der Waals surface area contributed by atoms with Crippen LogP contribution in [0.2, 0.25) is 0 Å². The van der Waals surface area contributed by atoms with Crippen molar-refractivity contribution in [3.05, 3.63) is 168 Å². The molecule has 0 spiro atoms. The van der Waals surface area contributed by atoms with Gasteiger partial charge in [0.15, 0.2) is 5.75 Å². The summed E-state index contributed by atoms with van der Waals surface area (Å²) in [6.45, 7) is 2.21. The number of rotatable bonds is 6. The van der Waals surface area contributed by atoms with E-state index in [0.29, 0.717) is 5.75 Å². The third-order valence-corrected chi connectivity index (χ3v) is 8.70. The molecule has 0 saturated heterocycles. The summed E-state index contributed by atoms with van der Waals surface area (Å²) in [6.07, 6.45) is 0. The molecule has 3 nitrogen and oxygen atoms in total. The Balaban J connectivity index is 1.42. The third kappa shape index (κ3) is 4.70. The SMILES string of the molecule is CC(c1ccccc1)(c1ccc(O)c(-c2ccc3ccccc3c2)c1)c1ccc(OO)c(-c2ccc3ccccc3c2)c1. The Morgan fingerprint density at radius 2 is 0.977 bits per heavy atom. The van der Waals surface area contributed by atoms with Gasteiger partial charge in [-0.25, -0.2) is 5.26 Å². The molecule has 1 atom stereocenters. The van der Waals surface area contributed by atoms with Gasteiger partial charge in [0.05, 0.1) is 0 Å². The second kappa shape index (κ2) is 10.8. The molecule has 0 saturated carbocycles. The Hall–Kier alpha value is -5.38. The fourth-order valence-electron chi connectivity index (χ4n) is 6.21. The maximum Gasteiger partial charge on any atom is 0.172 e. The molecule has 0 radical (unpaired) electrons. The van der Waals surface area contributed by atoms with Crippen LogP contribution >= 0.6 is 0 Å². The predicted octanol–water partition coefficient (Wildman–Crippen LogP) is 10.2. The van der Waals surface area contributed by atoms with E-state index in [9.17, 15) is 10.4 Å². The first-order chi connectivity index (χ1) is 21.0. The maximum atomic E-state index is 11.1. The molecule has 0 heterocycles. The van der Waals surface area contributed by atoms with Crippen LogP contribution in [0.5, 0.6) is 11.5 Å². The number of phenolic OH excluding ortho intramolecular Hbond substituents is 1. The highest BCUT2D eigenvalue weighted by atomic mass is 17.1. The molecule has 1 unspecified atom stereocenters. The minimum absolute atomic E-state index is 0.232.